The lowest BCUT2D eigenvalue weighted by atomic mass is 10.1. The van der Waals surface area contributed by atoms with Crippen LogP contribution in [-0.4, -0.2) is 21.1 Å². The summed E-state index contributed by atoms with van der Waals surface area (Å²) < 4.78 is 1.57. The predicted molar refractivity (Wildman–Crippen MR) is 58.9 cm³/mol. The standard InChI is InChI=1S/C11H12N4/c1-9-3-4-11(10(2)5-9)6-14-15-7-12-13-8-15/h3-8H,1-2H3/b14-6+. The Balaban J connectivity index is 2.24. The topological polar surface area (TPSA) is 43.1 Å². The van der Waals surface area contributed by atoms with Gasteiger partial charge in [-0.2, -0.15) is 5.10 Å². The molecule has 0 fully saturated rings. The Bertz CT molecular complexity index is 471. The summed E-state index contributed by atoms with van der Waals surface area (Å²) in [6.07, 6.45) is 4.91. The van der Waals surface area contributed by atoms with Gasteiger partial charge in [-0.15, -0.1) is 10.2 Å². The molecule has 76 valence electrons. The van der Waals surface area contributed by atoms with E-state index in [9.17, 15) is 0 Å². The smallest absolute Gasteiger partial charge is 0.141 e. The molecular weight excluding hydrogens is 188 g/mol. The average Bonchev–Trinajstić information content (AvgIpc) is 2.69. The molecule has 0 unspecified atom stereocenters. The Kier molecular flexibility index (Phi) is 2.58. The van der Waals surface area contributed by atoms with Crippen LogP contribution in [-0.2, 0) is 0 Å². The first kappa shape index (κ1) is 9.58. The minimum absolute atomic E-state index is 1.11. The van der Waals surface area contributed by atoms with Gasteiger partial charge in [0.2, 0.25) is 0 Å². The molecule has 0 radical (unpaired) electrons. The van der Waals surface area contributed by atoms with E-state index in [0.717, 1.165) is 5.56 Å². The lowest BCUT2D eigenvalue weighted by Crippen LogP contribution is -1.91. The second-order valence-corrected chi connectivity index (χ2v) is 3.45. The highest BCUT2D eigenvalue weighted by atomic mass is 15.4. The third-order valence-electron chi connectivity index (χ3n) is 2.16. The SMILES string of the molecule is Cc1ccc(/C=N/n2cnnc2)c(C)c1. The zero-order valence-corrected chi connectivity index (χ0v) is 8.75. The lowest BCUT2D eigenvalue weighted by Gasteiger charge is -2.00. The zero-order valence-electron chi connectivity index (χ0n) is 8.75. The summed E-state index contributed by atoms with van der Waals surface area (Å²) in [4.78, 5) is 0. The fourth-order valence-electron chi connectivity index (χ4n) is 1.35. The molecule has 4 nitrogen and oxygen atoms in total. The maximum atomic E-state index is 4.19. The summed E-state index contributed by atoms with van der Waals surface area (Å²) >= 11 is 0. The number of hydrogen-bond donors (Lipinski definition) is 0. The lowest BCUT2D eigenvalue weighted by molar-refractivity contribution is 0.878. The highest BCUT2D eigenvalue weighted by molar-refractivity contribution is 5.81. The van der Waals surface area contributed by atoms with Gasteiger partial charge in [0, 0.05) is 0 Å². The molecule has 0 bridgehead atoms. The molecule has 1 aromatic heterocycles. The number of hydrogen-bond acceptors (Lipinski definition) is 3. The molecule has 2 rings (SSSR count). The van der Waals surface area contributed by atoms with Crippen molar-refractivity contribution in [3.63, 3.8) is 0 Å². The van der Waals surface area contributed by atoms with Crippen molar-refractivity contribution in [2.75, 3.05) is 0 Å². The normalized spacial score (nSPS) is 11.1. The van der Waals surface area contributed by atoms with E-state index in [1.807, 2.05) is 0 Å². The Morgan fingerprint density at radius 1 is 1.20 bits per heavy atom. The summed E-state index contributed by atoms with van der Waals surface area (Å²) in [5.41, 5.74) is 3.58. The van der Waals surface area contributed by atoms with Crippen LogP contribution < -0.4 is 0 Å². The molecule has 0 aliphatic heterocycles. The van der Waals surface area contributed by atoms with Crippen molar-refractivity contribution in [3.8, 4) is 0 Å². The second kappa shape index (κ2) is 4.04. The molecule has 0 saturated carbocycles. The molecule has 0 aliphatic rings. The van der Waals surface area contributed by atoms with Crippen molar-refractivity contribution in [2.45, 2.75) is 13.8 Å². The molecule has 1 aromatic carbocycles. The van der Waals surface area contributed by atoms with Gasteiger partial charge in [0.25, 0.3) is 0 Å². The maximum absolute atomic E-state index is 4.19. The predicted octanol–water partition coefficient (Wildman–Crippen LogP) is 1.78. The first-order chi connectivity index (χ1) is 7.25. The minimum Gasteiger partial charge on any atom is -0.208 e. The van der Waals surface area contributed by atoms with Gasteiger partial charge in [0.05, 0.1) is 6.21 Å². The van der Waals surface area contributed by atoms with Crippen LogP contribution >= 0.6 is 0 Å². The van der Waals surface area contributed by atoms with Gasteiger partial charge in [-0.3, -0.25) is 0 Å². The van der Waals surface area contributed by atoms with E-state index in [0.29, 0.717) is 0 Å². The van der Waals surface area contributed by atoms with Crippen molar-refractivity contribution in [1.29, 1.82) is 0 Å². The van der Waals surface area contributed by atoms with E-state index < -0.39 is 0 Å². The molecule has 0 N–H and O–H groups in total. The van der Waals surface area contributed by atoms with Crippen LogP contribution in [0.15, 0.2) is 36.0 Å². The quantitative estimate of drug-likeness (QED) is 0.693. The summed E-state index contributed by atoms with van der Waals surface area (Å²) in [5, 5.41) is 11.5. The van der Waals surface area contributed by atoms with Gasteiger partial charge in [-0.25, -0.2) is 4.68 Å². The van der Waals surface area contributed by atoms with Crippen LogP contribution in [0.4, 0.5) is 0 Å². The van der Waals surface area contributed by atoms with Crippen LogP contribution in [0.25, 0.3) is 0 Å². The molecule has 0 amide bonds. The first-order valence-corrected chi connectivity index (χ1v) is 4.72. The largest absolute Gasteiger partial charge is 0.208 e. The van der Waals surface area contributed by atoms with Crippen LogP contribution in [0.3, 0.4) is 0 Å². The molecule has 0 atom stereocenters. The molecule has 4 heteroatoms. The molecule has 2 aromatic rings. The Labute approximate surface area is 88.3 Å². The molecular formula is C11H12N4. The number of rotatable bonds is 2. The van der Waals surface area contributed by atoms with Crippen molar-refractivity contribution in [1.82, 2.24) is 14.9 Å². The van der Waals surface area contributed by atoms with Crippen LogP contribution in [0.1, 0.15) is 16.7 Å². The minimum atomic E-state index is 1.11. The molecule has 0 saturated heterocycles. The molecule has 0 aliphatic carbocycles. The highest BCUT2D eigenvalue weighted by Gasteiger charge is 1.94. The number of aromatic nitrogens is 3. The zero-order chi connectivity index (χ0) is 10.7. The van der Waals surface area contributed by atoms with Crippen molar-refractivity contribution in [2.24, 2.45) is 5.10 Å². The highest BCUT2D eigenvalue weighted by Crippen LogP contribution is 2.08. The van der Waals surface area contributed by atoms with Crippen LogP contribution in [0, 0.1) is 13.8 Å². The van der Waals surface area contributed by atoms with Crippen molar-refractivity contribution in [3.05, 3.63) is 47.5 Å². The van der Waals surface area contributed by atoms with Gasteiger partial charge >= 0.3 is 0 Å². The Morgan fingerprint density at radius 3 is 2.60 bits per heavy atom. The molecule has 0 spiro atoms. The van der Waals surface area contributed by atoms with Gasteiger partial charge in [-0.1, -0.05) is 23.8 Å². The van der Waals surface area contributed by atoms with Crippen molar-refractivity contribution >= 4 is 6.21 Å². The van der Waals surface area contributed by atoms with Gasteiger partial charge in [-0.05, 0) is 25.0 Å². The van der Waals surface area contributed by atoms with Crippen LogP contribution in [0.2, 0.25) is 0 Å². The average molecular weight is 200 g/mol. The van der Waals surface area contributed by atoms with E-state index in [-0.39, 0.29) is 0 Å². The summed E-state index contributed by atoms with van der Waals surface area (Å²) in [5.74, 6) is 0. The van der Waals surface area contributed by atoms with Crippen molar-refractivity contribution < 1.29 is 0 Å². The molecule has 15 heavy (non-hydrogen) atoms. The number of benzene rings is 1. The van der Waals surface area contributed by atoms with E-state index in [4.69, 9.17) is 0 Å². The second-order valence-electron chi connectivity index (χ2n) is 3.45. The first-order valence-electron chi connectivity index (χ1n) is 4.72. The van der Waals surface area contributed by atoms with E-state index in [2.05, 4.69) is 47.3 Å². The fraction of sp³-hybridized carbons (Fsp3) is 0.182. The fourth-order valence-corrected chi connectivity index (χ4v) is 1.35. The number of nitrogens with zero attached hydrogens (tertiary/aromatic N) is 4. The monoisotopic (exact) mass is 200 g/mol. The van der Waals surface area contributed by atoms with E-state index in [1.165, 1.54) is 11.1 Å². The summed E-state index contributed by atoms with van der Waals surface area (Å²) in [6.45, 7) is 4.15. The van der Waals surface area contributed by atoms with Crippen LogP contribution in [0.5, 0.6) is 0 Å². The summed E-state index contributed by atoms with van der Waals surface area (Å²) in [7, 11) is 0. The van der Waals surface area contributed by atoms with E-state index in [1.54, 1.807) is 23.5 Å². The van der Waals surface area contributed by atoms with E-state index >= 15 is 0 Å². The number of aryl methyl sites for hydroxylation is 2. The van der Waals surface area contributed by atoms with Gasteiger partial charge in [0.1, 0.15) is 12.7 Å². The third kappa shape index (κ3) is 2.28. The Hall–Kier alpha value is -1.97. The molecule has 1 heterocycles. The maximum Gasteiger partial charge on any atom is 0.141 e. The van der Waals surface area contributed by atoms with Gasteiger partial charge < -0.3 is 0 Å². The van der Waals surface area contributed by atoms with Gasteiger partial charge in [0.15, 0.2) is 0 Å². The third-order valence-corrected chi connectivity index (χ3v) is 2.16. The summed E-state index contributed by atoms with van der Waals surface area (Å²) in [6, 6.07) is 6.26. The Morgan fingerprint density at radius 2 is 1.93 bits per heavy atom.